The van der Waals surface area contributed by atoms with Crippen LogP contribution < -0.4 is 0 Å². The Morgan fingerprint density at radius 3 is 1.29 bits per heavy atom. The quantitative estimate of drug-likeness (QED) is 0.622. The van der Waals surface area contributed by atoms with E-state index in [0.29, 0.717) is 11.1 Å². The number of nitriles is 1. The van der Waals surface area contributed by atoms with Crippen molar-refractivity contribution in [1.82, 2.24) is 0 Å². The Bertz CT molecular complexity index is 379. The number of hydrogen-bond donors (Lipinski definition) is 0. The molecule has 0 aliphatic carbocycles. The Balaban J connectivity index is -0.0000000727. The van der Waals surface area contributed by atoms with Gasteiger partial charge in [-0.3, -0.25) is 24.0 Å². The van der Waals surface area contributed by atoms with E-state index in [4.69, 9.17) is 29.2 Å². The molecular weight excluding hydrogens is 321 g/mol. The molecule has 10 radical (unpaired) electrons. The van der Waals surface area contributed by atoms with Crippen molar-refractivity contribution in [3.8, 4) is 6.07 Å². The summed E-state index contributed by atoms with van der Waals surface area (Å²) >= 11 is 2.81. The molecule has 0 saturated heterocycles. The van der Waals surface area contributed by atoms with E-state index >= 15 is 0 Å². The summed E-state index contributed by atoms with van der Waals surface area (Å²) in [5, 5.41) is 8.42. The molecule has 0 aromatic heterocycles. The van der Waals surface area contributed by atoms with Crippen molar-refractivity contribution in [2.75, 3.05) is 0 Å². The normalized spacial score (nSPS) is 5.52. The summed E-state index contributed by atoms with van der Waals surface area (Å²) in [4.78, 5) is 48.2. The van der Waals surface area contributed by atoms with E-state index < -0.39 is 0 Å². The maximum atomic E-state index is 10.7. The van der Waals surface area contributed by atoms with Crippen molar-refractivity contribution in [3.05, 3.63) is 35.4 Å². The molecule has 0 aliphatic heterocycles. The van der Waals surface area contributed by atoms with Crippen molar-refractivity contribution < 1.29 is 44.8 Å². The molecule has 21 heavy (non-hydrogen) atoms. The molecule has 104 valence electrons. The molecule has 0 saturated carbocycles. The summed E-state index contributed by atoms with van der Waals surface area (Å²) in [5.41, 5.74) is 1.12. The van der Waals surface area contributed by atoms with Crippen molar-refractivity contribution in [1.29, 1.82) is 5.26 Å². The molecule has 0 heterocycles. The van der Waals surface area contributed by atoms with Crippen molar-refractivity contribution in [3.63, 3.8) is 0 Å². The number of benzene rings is 1. The molecular formula is C13H4MnNO6. The van der Waals surface area contributed by atoms with E-state index in [9.17, 15) is 4.79 Å². The van der Waals surface area contributed by atoms with E-state index in [1.165, 1.54) is 0 Å². The van der Waals surface area contributed by atoms with Gasteiger partial charge in [-0.05, 0) is 0 Å². The molecule has 0 amide bonds. The average Bonchev–Trinajstić information content (AvgIpc) is 2.63. The van der Waals surface area contributed by atoms with Gasteiger partial charge in [-0.15, -0.1) is 0 Å². The van der Waals surface area contributed by atoms with Crippen LogP contribution in [-0.4, -0.2) is 38.6 Å². The molecule has 0 unspecified atom stereocenters. The van der Waals surface area contributed by atoms with Crippen LogP contribution in [0.25, 0.3) is 0 Å². The summed E-state index contributed by atoms with van der Waals surface area (Å²) in [6.07, 6.45) is 0. The first kappa shape index (κ1) is 30.9. The van der Waals surface area contributed by atoms with Crippen LogP contribution in [0.4, 0.5) is 0 Å². The SMILES string of the molecule is N#Cc1ccc([C](=O)[Mn])cc1.[C]=O.[C]=O.[C]=O.[C]=O.[C]=O. The van der Waals surface area contributed by atoms with Crippen molar-refractivity contribution >= 4 is 38.6 Å². The molecule has 1 rings (SSSR count). The second-order valence-corrected chi connectivity index (χ2v) is 2.50. The summed E-state index contributed by atoms with van der Waals surface area (Å²) in [5.74, 6) is 0. The predicted octanol–water partition coefficient (Wildman–Crippen LogP) is -0.740. The summed E-state index contributed by atoms with van der Waals surface area (Å²) in [6, 6.07) is 8.39. The number of nitrogens with zero attached hydrogens (tertiary/aromatic N) is 1. The number of carbonyl (C=O) groups is 1. The predicted molar refractivity (Wildman–Crippen MR) is 64.0 cm³/mol. The molecule has 0 fully saturated rings. The molecule has 0 atom stereocenters. The van der Waals surface area contributed by atoms with Crippen molar-refractivity contribution in [2.45, 2.75) is 0 Å². The van der Waals surface area contributed by atoms with Gasteiger partial charge >= 0.3 is 72.2 Å². The first-order valence-electron chi connectivity index (χ1n) is 3.96. The zero-order valence-electron chi connectivity index (χ0n) is 10.1. The molecule has 8 heteroatoms. The zero-order chi connectivity index (χ0) is 18.3. The van der Waals surface area contributed by atoms with Crippen LogP contribution in [-0.2, 0) is 40.0 Å². The Morgan fingerprint density at radius 1 is 0.810 bits per heavy atom. The number of hydrogen-bond acceptors (Lipinski definition) is 7. The van der Waals surface area contributed by atoms with Crippen LogP contribution in [0.1, 0.15) is 15.9 Å². The molecule has 0 N–H and O–H groups in total. The van der Waals surface area contributed by atoms with Gasteiger partial charge in [0.05, 0.1) is 0 Å². The van der Waals surface area contributed by atoms with Crippen LogP contribution in [0.2, 0.25) is 0 Å². The van der Waals surface area contributed by atoms with Gasteiger partial charge < -0.3 is 0 Å². The third-order valence-electron chi connectivity index (χ3n) is 1.24. The molecule has 0 aliphatic rings. The van der Waals surface area contributed by atoms with Gasteiger partial charge in [0.1, 0.15) is 0 Å². The van der Waals surface area contributed by atoms with E-state index in [1.807, 2.05) is 6.07 Å². The van der Waals surface area contributed by atoms with E-state index in [0.717, 1.165) is 0 Å². The van der Waals surface area contributed by atoms with Gasteiger partial charge in [0.25, 0.3) is 33.9 Å². The van der Waals surface area contributed by atoms with Crippen LogP contribution in [0.5, 0.6) is 0 Å². The van der Waals surface area contributed by atoms with Gasteiger partial charge in [0, 0.05) is 0 Å². The Hall–Kier alpha value is -2.75. The van der Waals surface area contributed by atoms with Gasteiger partial charge in [-0.2, -0.15) is 0 Å². The number of carbonyl (C=O) groups excluding carboxylic acids is 6. The smallest absolute Gasteiger partial charge is 0.281 e. The van der Waals surface area contributed by atoms with Crippen LogP contribution >= 0.6 is 0 Å². The van der Waals surface area contributed by atoms with E-state index in [2.05, 4.69) is 50.0 Å². The standard InChI is InChI=1S/C8H4NO.5CO.Mn/c9-5-7-1-3-8(6-10)4-2-7;5*1-2;/h1-4H;;;;;;. The fourth-order valence-corrected chi connectivity index (χ4v) is 0.873. The third kappa shape index (κ3) is 22.9. The topological polar surface area (TPSA) is 126 Å². The van der Waals surface area contributed by atoms with Crippen LogP contribution in [0.15, 0.2) is 24.3 Å². The summed E-state index contributed by atoms with van der Waals surface area (Å²) in [6.45, 7) is 22.5. The fraction of sp³-hybridized carbons (Fsp3) is 0. The molecule has 1 aromatic carbocycles. The first-order valence-corrected chi connectivity index (χ1v) is 4.55. The van der Waals surface area contributed by atoms with Gasteiger partial charge in [0.15, 0.2) is 0 Å². The summed E-state index contributed by atoms with van der Waals surface area (Å²) in [7, 11) is 0. The second kappa shape index (κ2) is 36.0. The van der Waals surface area contributed by atoms with E-state index in [1.54, 1.807) is 24.3 Å². The summed E-state index contributed by atoms with van der Waals surface area (Å²) < 4.78 is -0.165. The maximum absolute atomic E-state index is 10.7. The Labute approximate surface area is 130 Å². The molecule has 7 nitrogen and oxygen atoms in total. The first-order chi connectivity index (χ1) is 10.2. The minimum Gasteiger partial charge on any atom is -0.281 e. The van der Waals surface area contributed by atoms with Crippen molar-refractivity contribution in [2.24, 2.45) is 0 Å². The number of rotatable bonds is 1. The molecule has 0 bridgehead atoms. The van der Waals surface area contributed by atoms with Gasteiger partial charge in [0.2, 0.25) is 0 Å². The van der Waals surface area contributed by atoms with E-state index in [-0.39, 0.29) is 4.68 Å². The fourth-order valence-electron chi connectivity index (χ4n) is 0.676. The monoisotopic (exact) mass is 325 g/mol. The average molecular weight is 325 g/mol. The zero-order valence-corrected chi connectivity index (χ0v) is 11.3. The minimum absolute atomic E-state index is 0.165. The Kier molecular flexibility index (Phi) is 53.0. The van der Waals surface area contributed by atoms with Gasteiger partial charge in [-0.25, -0.2) is 0 Å². The Morgan fingerprint density at radius 2 is 1.10 bits per heavy atom. The minimum atomic E-state index is -0.165. The van der Waals surface area contributed by atoms with Crippen LogP contribution in [0.3, 0.4) is 0 Å². The molecule has 1 aromatic rings. The molecule has 0 spiro atoms. The second-order valence-electron chi connectivity index (χ2n) is 1.96. The third-order valence-corrected chi connectivity index (χ3v) is 1.58. The largest absolute Gasteiger partial charge is 0.281 e. The van der Waals surface area contributed by atoms with Crippen LogP contribution in [0, 0.1) is 11.3 Å². The van der Waals surface area contributed by atoms with Gasteiger partial charge in [-0.1, -0.05) is 0 Å². The maximum Gasteiger partial charge on any atom is 0.281 e.